The van der Waals surface area contributed by atoms with Crippen molar-refractivity contribution in [2.24, 2.45) is 0 Å². The third-order valence-electron chi connectivity index (χ3n) is 3.88. The van der Waals surface area contributed by atoms with Crippen molar-refractivity contribution in [2.45, 2.75) is 25.0 Å². The zero-order valence-electron chi connectivity index (χ0n) is 10.5. The third kappa shape index (κ3) is 3.89. The molecule has 100 valence electrons. The number of hydrogen-bond donors (Lipinski definition) is 3. The molecule has 2 fully saturated rings. The van der Waals surface area contributed by atoms with E-state index < -0.39 is 0 Å². The van der Waals surface area contributed by atoms with Crippen LogP contribution in [0, 0.1) is 0 Å². The van der Waals surface area contributed by atoms with E-state index in [1.807, 2.05) is 0 Å². The van der Waals surface area contributed by atoms with Gasteiger partial charge in [-0.05, 0) is 19.4 Å². The van der Waals surface area contributed by atoms with Gasteiger partial charge in [0.15, 0.2) is 0 Å². The van der Waals surface area contributed by atoms with Crippen molar-refractivity contribution in [1.82, 2.24) is 15.1 Å². The SMILES string of the molecule is OCCN1CCN(C[C@@H]2NCCC[C@@H]2O)CC1. The van der Waals surface area contributed by atoms with Gasteiger partial charge in [0.25, 0.3) is 0 Å². The Morgan fingerprint density at radius 2 is 1.82 bits per heavy atom. The monoisotopic (exact) mass is 243 g/mol. The van der Waals surface area contributed by atoms with Gasteiger partial charge in [-0.1, -0.05) is 0 Å². The van der Waals surface area contributed by atoms with Crippen LogP contribution in [0.4, 0.5) is 0 Å². The van der Waals surface area contributed by atoms with Gasteiger partial charge in [0.1, 0.15) is 0 Å². The van der Waals surface area contributed by atoms with Crippen LogP contribution in [0.2, 0.25) is 0 Å². The summed E-state index contributed by atoms with van der Waals surface area (Å²) >= 11 is 0. The molecule has 2 rings (SSSR count). The summed E-state index contributed by atoms with van der Waals surface area (Å²) in [5, 5.41) is 22.2. The lowest BCUT2D eigenvalue weighted by Gasteiger charge is -2.38. The van der Waals surface area contributed by atoms with Gasteiger partial charge in [0.05, 0.1) is 12.7 Å². The minimum atomic E-state index is -0.181. The largest absolute Gasteiger partial charge is 0.395 e. The number of aliphatic hydroxyl groups excluding tert-OH is 2. The lowest BCUT2D eigenvalue weighted by Crippen LogP contribution is -2.55. The molecule has 0 saturated carbocycles. The van der Waals surface area contributed by atoms with Gasteiger partial charge in [-0.2, -0.15) is 0 Å². The number of nitrogens with one attached hydrogen (secondary N) is 1. The highest BCUT2D eigenvalue weighted by atomic mass is 16.3. The summed E-state index contributed by atoms with van der Waals surface area (Å²) in [6, 6.07) is 0.244. The van der Waals surface area contributed by atoms with Crippen LogP contribution in [-0.4, -0.2) is 84.6 Å². The van der Waals surface area contributed by atoms with Crippen LogP contribution < -0.4 is 5.32 Å². The Labute approximate surface area is 103 Å². The van der Waals surface area contributed by atoms with Crippen molar-refractivity contribution >= 4 is 0 Å². The van der Waals surface area contributed by atoms with E-state index in [1.54, 1.807) is 0 Å². The topological polar surface area (TPSA) is 59.0 Å². The Morgan fingerprint density at radius 1 is 1.12 bits per heavy atom. The van der Waals surface area contributed by atoms with E-state index in [0.717, 1.165) is 58.7 Å². The van der Waals surface area contributed by atoms with Gasteiger partial charge in [-0.25, -0.2) is 0 Å². The van der Waals surface area contributed by atoms with Crippen molar-refractivity contribution in [3.63, 3.8) is 0 Å². The van der Waals surface area contributed by atoms with Gasteiger partial charge in [-0.3, -0.25) is 9.80 Å². The van der Waals surface area contributed by atoms with Crippen LogP contribution in [-0.2, 0) is 0 Å². The third-order valence-corrected chi connectivity index (χ3v) is 3.88. The number of β-amino-alcohol motifs (C(OH)–C–C–N with tert-alkyl or cyclic N) is 1. The fourth-order valence-corrected chi connectivity index (χ4v) is 2.74. The lowest BCUT2D eigenvalue weighted by molar-refractivity contribution is 0.0539. The molecule has 17 heavy (non-hydrogen) atoms. The summed E-state index contributed by atoms with van der Waals surface area (Å²) < 4.78 is 0. The first-order valence-electron chi connectivity index (χ1n) is 6.76. The van der Waals surface area contributed by atoms with E-state index >= 15 is 0 Å². The zero-order chi connectivity index (χ0) is 12.1. The zero-order valence-corrected chi connectivity index (χ0v) is 10.5. The van der Waals surface area contributed by atoms with E-state index in [-0.39, 0.29) is 18.8 Å². The van der Waals surface area contributed by atoms with Crippen molar-refractivity contribution in [3.8, 4) is 0 Å². The van der Waals surface area contributed by atoms with Crippen molar-refractivity contribution < 1.29 is 10.2 Å². The summed E-state index contributed by atoms with van der Waals surface area (Å²) in [6.45, 7) is 7.18. The molecule has 0 aromatic carbocycles. The van der Waals surface area contributed by atoms with E-state index in [2.05, 4.69) is 15.1 Å². The summed E-state index contributed by atoms with van der Waals surface area (Å²) in [7, 11) is 0. The average Bonchev–Trinajstić information content (AvgIpc) is 2.35. The van der Waals surface area contributed by atoms with Crippen LogP contribution in [0.15, 0.2) is 0 Å². The molecule has 0 aromatic rings. The Bertz CT molecular complexity index is 220. The maximum absolute atomic E-state index is 9.90. The molecule has 2 aliphatic rings. The highest BCUT2D eigenvalue weighted by molar-refractivity contribution is 4.85. The van der Waals surface area contributed by atoms with E-state index in [1.165, 1.54) is 0 Å². The summed E-state index contributed by atoms with van der Waals surface area (Å²) in [5.41, 5.74) is 0. The molecule has 0 radical (unpaired) electrons. The first-order valence-corrected chi connectivity index (χ1v) is 6.76. The van der Waals surface area contributed by atoms with Crippen molar-refractivity contribution in [1.29, 1.82) is 0 Å². The lowest BCUT2D eigenvalue weighted by atomic mass is 10.0. The Hall–Kier alpha value is -0.200. The molecule has 0 aliphatic carbocycles. The maximum atomic E-state index is 9.90. The van der Waals surface area contributed by atoms with Crippen molar-refractivity contribution in [3.05, 3.63) is 0 Å². The highest BCUT2D eigenvalue weighted by Gasteiger charge is 2.26. The van der Waals surface area contributed by atoms with Crippen LogP contribution >= 0.6 is 0 Å². The molecule has 5 heteroatoms. The van der Waals surface area contributed by atoms with E-state index in [9.17, 15) is 5.11 Å². The predicted molar refractivity (Wildman–Crippen MR) is 67.0 cm³/mol. The predicted octanol–water partition coefficient (Wildman–Crippen LogP) is -1.29. The van der Waals surface area contributed by atoms with Crippen LogP contribution in [0.5, 0.6) is 0 Å². The van der Waals surface area contributed by atoms with Gasteiger partial charge in [0, 0.05) is 45.3 Å². The van der Waals surface area contributed by atoms with Gasteiger partial charge in [0.2, 0.25) is 0 Å². The fraction of sp³-hybridized carbons (Fsp3) is 1.00. The van der Waals surface area contributed by atoms with Gasteiger partial charge < -0.3 is 15.5 Å². The molecule has 0 bridgehead atoms. The first-order chi connectivity index (χ1) is 8.29. The molecule has 3 N–H and O–H groups in total. The number of aliphatic hydroxyl groups is 2. The second-order valence-electron chi connectivity index (χ2n) is 5.14. The molecule has 0 amide bonds. The standard InChI is InChI=1S/C12H25N3O2/c16-9-8-14-4-6-15(7-5-14)10-11-12(17)2-1-3-13-11/h11-13,16-17H,1-10H2/t11-,12-/m0/s1. The van der Waals surface area contributed by atoms with Crippen LogP contribution in [0.25, 0.3) is 0 Å². The molecule has 0 spiro atoms. The average molecular weight is 243 g/mol. The Balaban J connectivity index is 1.70. The number of hydrogen-bond acceptors (Lipinski definition) is 5. The van der Waals surface area contributed by atoms with Crippen molar-refractivity contribution in [2.75, 3.05) is 52.4 Å². The van der Waals surface area contributed by atoms with Crippen LogP contribution in [0.3, 0.4) is 0 Å². The summed E-state index contributed by atoms with van der Waals surface area (Å²) in [5.74, 6) is 0. The Kier molecular flexibility index (Phi) is 5.18. The molecule has 2 heterocycles. The highest BCUT2D eigenvalue weighted by Crippen LogP contribution is 2.11. The summed E-state index contributed by atoms with van der Waals surface area (Å²) in [4.78, 5) is 4.71. The molecular formula is C12H25N3O2. The first kappa shape index (κ1) is 13.2. The maximum Gasteiger partial charge on any atom is 0.0706 e. The Morgan fingerprint density at radius 3 is 2.47 bits per heavy atom. The van der Waals surface area contributed by atoms with E-state index in [4.69, 9.17) is 5.11 Å². The number of piperazine rings is 1. The number of piperidine rings is 1. The minimum Gasteiger partial charge on any atom is -0.395 e. The second kappa shape index (κ2) is 6.66. The molecule has 0 aromatic heterocycles. The van der Waals surface area contributed by atoms with E-state index in [0.29, 0.717) is 0 Å². The fourth-order valence-electron chi connectivity index (χ4n) is 2.74. The molecule has 2 atom stereocenters. The molecule has 5 nitrogen and oxygen atoms in total. The summed E-state index contributed by atoms with van der Waals surface area (Å²) in [6.07, 6.45) is 1.84. The molecule has 2 aliphatic heterocycles. The van der Waals surface area contributed by atoms with Gasteiger partial charge in [-0.15, -0.1) is 0 Å². The molecule has 2 saturated heterocycles. The van der Waals surface area contributed by atoms with Gasteiger partial charge >= 0.3 is 0 Å². The number of rotatable bonds is 4. The number of nitrogens with zero attached hydrogens (tertiary/aromatic N) is 2. The molecule has 0 unspecified atom stereocenters. The minimum absolute atomic E-state index is 0.181. The molecular weight excluding hydrogens is 218 g/mol. The smallest absolute Gasteiger partial charge is 0.0706 e. The normalized spacial score (nSPS) is 32.8. The second-order valence-corrected chi connectivity index (χ2v) is 5.14. The quantitative estimate of drug-likeness (QED) is 0.573. The van der Waals surface area contributed by atoms with Crippen LogP contribution in [0.1, 0.15) is 12.8 Å².